The summed E-state index contributed by atoms with van der Waals surface area (Å²) in [6.45, 7) is 8.19. The quantitative estimate of drug-likeness (QED) is 0.786. The third kappa shape index (κ3) is 6.55. The summed E-state index contributed by atoms with van der Waals surface area (Å²) in [5, 5.41) is 3.55. The monoisotopic (exact) mass is 319 g/mol. The summed E-state index contributed by atoms with van der Waals surface area (Å²) in [5.41, 5.74) is 0. The van der Waals surface area contributed by atoms with Gasteiger partial charge in [-0.2, -0.15) is 0 Å². The largest absolute Gasteiger partial charge is 0.377 e. The summed E-state index contributed by atoms with van der Waals surface area (Å²) in [6, 6.07) is 4.72. The van der Waals surface area contributed by atoms with Gasteiger partial charge in [-0.25, -0.2) is 0 Å². The zero-order valence-corrected chi connectivity index (χ0v) is 13.2. The van der Waals surface area contributed by atoms with Crippen LogP contribution in [0.25, 0.3) is 0 Å². The molecule has 1 heterocycles. The van der Waals surface area contributed by atoms with E-state index in [2.05, 4.69) is 54.2 Å². The third-order valence-corrected chi connectivity index (χ3v) is 4.04. The Balaban J connectivity index is 2.44. The number of halogens is 1. The summed E-state index contributed by atoms with van der Waals surface area (Å²) in [4.78, 5) is 1.40. The summed E-state index contributed by atoms with van der Waals surface area (Å²) >= 11 is 5.31. The van der Waals surface area contributed by atoms with Gasteiger partial charge in [0, 0.05) is 10.9 Å². The van der Waals surface area contributed by atoms with E-state index in [0.29, 0.717) is 12.1 Å². The van der Waals surface area contributed by atoms with Crippen molar-refractivity contribution in [2.45, 2.75) is 45.8 Å². The molecule has 0 amide bonds. The first-order chi connectivity index (χ1) is 8.11. The average Bonchev–Trinajstić information content (AvgIpc) is 2.68. The molecule has 1 aromatic heterocycles. The molecule has 1 atom stereocenters. The second-order valence-corrected chi connectivity index (χ2v) is 6.99. The fourth-order valence-electron chi connectivity index (χ4n) is 1.55. The first-order valence-electron chi connectivity index (χ1n) is 6.21. The van der Waals surface area contributed by atoms with Crippen LogP contribution in [-0.4, -0.2) is 25.3 Å². The molecule has 0 aromatic carbocycles. The average molecular weight is 320 g/mol. The standard InChI is InChI=1S/C13H22BrNOS/c1-4-7-15-11(9-16-10(2)3)8-12-5-6-13(14)17-12/h5-6,10-11,15H,4,7-9H2,1-3H3. The highest BCUT2D eigenvalue weighted by atomic mass is 79.9. The molecular weight excluding hydrogens is 298 g/mol. The van der Waals surface area contributed by atoms with Gasteiger partial charge in [0.2, 0.25) is 0 Å². The van der Waals surface area contributed by atoms with E-state index in [1.54, 1.807) is 11.3 Å². The maximum absolute atomic E-state index is 5.71. The zero-order valence-electron chi connectivity index (χ0n) is 10.8. The van der Waals surface area contributed by atoms with Crippen molar-refractivity contribution in [3.8, 4) is 0 Å². The maximum atomic E-state index is 5.71. The van der Waals surface area contributed by atoms with E-state index < -0.39 is 0 Å². The zero-order chi connectivity index (χ0) is 12.7. The molecular formula is C13H22BrNOS. The van der Waals surface area contributed by atoms with Crippen LogP contribution in [0.4, 0.5) is 0 Å². The minimum atomic E-state index is 0.302. The molecule has 0 saturated carbocycles. The number of nitrogens with one attached hydrogen (secondary N) is 1. The molecule has 0 aliphatic heterocycles. The van der Waals surface area contributed by atoms with Crippen molar-refractivity contribution >= 4 is 27.3 Å². The van der Waals surface area contributed by atoms with Crippen LogP contribution in [0.15, 0.2) is 15.9 Å². The molecule has 1 aromatic rings. The lowest BCUT2D eigenvalue weighted by atomic mass is 10.2. The normalized spacial score (nSPS) is 13.2. The molecule has 0 aliphatic carbocycles. The van der Waals surface area contributed by atoms with Gasteiger partial charge in [0.05, 0.1) is 16.5 Å². The van der Waals surface area contributed by atoms with Gasteiger partial charge >= 0.3 is 0 Å². The number of hydrogen-bond acceptors (Lipinski definition) is 3. The van der Waals surface area contributed by atoms with Crippen molar-refractivity contribution < 1.29 is 4.74 Å². The van der Waals surface area contributed by atoms with Crippen LogP contribution in [0.3, 0.4) is 0 Å². The molecule has 0 bridgehead atoms. The molecule has 2 nitrogen and oxygen atoms in total. The molecule has 1 N–H and O–H groups in total. The number of rotatable bonds is 8. The van der Waals surface area contributed by atoms with Gasteiger partial charge < -0.3 is 10.1 Å². The minimum Gasteiger partial charge on any atom is -0.377 e. The van der Waals surface area contributed by atoms with Gasteiger partial charge in [0.25, 0.3) is 0 Å². The molecule has 98 valence electrons. The second-order valence-electron chi connectivity index (χ2n) is 4.44. The van der Waals surface area contributed by atoms with Crippen molar-refractivity contribution in [1.29, 1.82) is 0 Å². The van der Waals surface area contributed by atoms with Crippen LogP contribution in [0.1, 0.15) is 32.1 Å². The Morgan fingerprint density at radius 3 is 2.71 bits per heavy atom. The lowest BCUT2D eigenvalue weighted by Crippen LogP contribution is -2.36. The van der Waals surface area contributed by atoms with Crippen LogP contribution in [0, 0.1) is 0 Å². The van der Waals surface area contributed by atoms with Gasteiger partial charge in [-0.15, -0.1) is 11.3 Å². The van der Waals surface area contributed by atoms with E-state index in [0.717, 1.165) is 26.0 Å². The molecule has 0 radical (unpaired) electrons. The van der Waals surface area contributed by atoms with Crippen molar-refractivity contribution in [1.82, 2.24) is 5.32 Å². The molecule has 17 heavy (non-hydrogen) atoms. The van der Waals surface area contributed by atoms with Crippen LogP contribution in [-0.2, 0) is 11.2 Å². The predicted molar refractivity (Wildman–Crippen MR) is 78.9 cm³/mol. The third-order valence-electron chi connectivity index (χ3n) is 2.39. The Morgan fingerprint density at radius 2 is 2.18 bits per heavy atom. The van der Waals surface area contributed by atoms with Gasteiger partial charge in [-0.1, -0.05) is 6.92 Å². The number of ether oxygens (including phenoxy) is 1. The van der Waals surface area contributed by atoms with Crippen molar-refractivity contribution in [2.24, 2.45) is 0 Å². The highest BCUT2D eigenvalue weighted by Crippen LogP contribution is 2.23. The Labute approximate surface area is 117 Å². The maximum Gasteiger partial charge on any atom is 0.0701 e. The highest BCUT2D eigenvalue weighted by molar-refractivity contribution is 9.11. The molecule has 0 fully saturated rings. The minimum absolute atomic E-state index is 0.302. The summed E-state index contributed by atoms with van der Waals surface area (Å²) in [7, 11) is 0. The molecule has 1 unspecified atom stereocenters. The van der Waals surface area contributed by atoms with Gasteiger partial charge in [0.15, 0.2) is 0 Å². The Hall–Kier alpha value is 0.1000. The molecule has 4 heteroatoms. The molecule has 0 aliphatic rings. The van der Waals surface area contributed by atoms with E-state index in [1.807, 2.05) is 0 Å². The Kier molecular flexibility index (Phi) is 7.35. The lowest BCUT2D eigenvalue weighted by molar-refractivity contribution is 0.0614. The highest BCUT2D eigenvalue weighted by Gasteiger charge is 2.11. The lowest BCUT2D eigenvalue weighted by Gasteiger charge is -2.19. The van der Waals surface area contributed by atoms with E-state index in [-0.39, 0.29) is 0 Å². The van der Waals surface area contributed by atoms with Gasteiger partial charge in [-0.3, -0.25) is 0 Å². The summed E-state index contributed by atoms with van der Waals surface area (Å²) in [6.07, 6.45) is 2.51. The summed E-state index contributed by atoms with van der Waals surface area (Å²) < 4.78 is 6.91. The number of thiophene rings is 1. The molecule has 0 saturated heterocycles. The first-order valence-corrected chi connectivity index (χ1v) is 7.82. The first kappa shape index (κ1) is 15.2. The Morgan fingerprint density at radius 1 is 1.41 bits per heavy atom. The fourth-order valence-corrected chi connectivity index (χ4v) is 3.11. The Bertz CT molecular complexity index is 314. The van der Waals surface area contributed by atoms with E-state index in [1.165, 1.54) is 8.66 Å². The second kappa shape index (κ2) is 8.25. The number of hydrogen-bond donors (Lipinski definition) is 1. The van der Waals surface area contributed by atoms with E-state index in [9.17, 15) is 0 Å². The van der Waals surface area contributed by atoms with Gasteiger partial charge in [0.1, 0.15) is 0 Å². The smallest absolute Gasteiger partial charge is 0.0701 e. The van der Waals surface area contributed by atoms with Crippen LogP contribution in [0.2, 0.25) is 0 Å². The predicted octanol–water partition coefficient (Wildman–Crippen LogP) is 3.85. The molecule has 1 rings (SSSR count). The SMILES string of the molecule is CCCNC(COC(C)C)Cc1ccc(Br)s1. The summed E-state index contributed by atoms with van der Waals surface area (Å²) in [5.74, 6) is 0. The fraction of sp³-hybridized carbons (Fsp3) is 0.692. The van der Waals surface area contributed by atoms with Crippen LogP contribution in [0.5, 0.6) is 0 Å². The topological polar surface area (TPSA) is 21.3 Å². The van der Waals surface area contributed by atoms with E-state index >= 15 is 0 Å². The van der Waals surface area contributed by atoms with Gasteiger partial charge in [-0.05, 0) is 61.3 Å². The van der Waals surface area contributed by atoms with Crippen molar-refractivity contribution in [3.63, 3.8) is 0 Å². The van der Waals surface area contributed by atoms with E-state index in [4.69, 9.17) is 4.74 Å². The van der Waals surface area contributed by atoms with Crippen molar-refractivity contribution in [2.75, 3.05) is 13.2 Å². The van der Waals surface area contributed by atoms with Crippen LogP contribution >= 0.6 is 27.3 Å². The molecule has 0 spiro atoms. The van der Waals surface area contributed by atoms with Crippen LogP contribution < -0.4 is 5.32 Å². The van der Waals surface area contributed by atoms with Crippen molar-refractivity contribution in [3.05, 3.63) is 20.8 Å².